The second-order valence-electron chi connectivity index (χ2n) is 3.58. The summed E-state index contributed by atoms with van der Waals surface area (Å²) in [4.78, 5) is 26.6. The van der Waals surface area contributed by atoms with E-state index in [0.29, 0.717) is 22.5 Å². The van der Waals surface area contributed by atoms with Crippen molar-refractivity contribution in [1.82, 2.24) is 18.7 Å². The topological polar surface area (TPSA) is 64.7 Å². The summed E-state index contributed by atoms with van der Waals surface area (Å²) in [7, 11) is 3.17. The maximum absolute atomic E-state index is 11.9. The first kappa shape index (κ1) is 10.9. The molecule has 0 atom stereocenters. The summed E-state index contributed by atoms with van der Waals surface area (Å²) < 4.78 is 4.60. The van der Waals surface area contributed by atoms with Crippen molar-refractivity contribution in [1.29, 1.82) is 0 Å². The van der Waals surface area contributed by atoms with Gasteiger partial charge in [-0.2, -0.15) is 0 Å². The van der Waals surface area contributed by atoms with Gasteiger partial charge in [0, 0.05) is 20.6 Å². The normalized spacial score (nSPS) is 11.2. The maximum atomic E-state index is 11.9. The highest BCUT2D eigenvalue weighted by molar-refractivity contribution is 7.71. The molecule has 0 aliphatic heterocycles. The summed E-state index contributed by atoms with van der Waals surface area (Å²) in [6.45, 7) is 2.33. The molecule has 0 fully saturated rings. The van der Waals surface area contributed by atoms with Crippen molar-refractivity contribution >= 4 is 23.4 Å². The SMILES string of the molecule is CCn1c(=O)n(C)c(=O)c2c1[nH]c(=S)n2C. The lowest BCUT2D eigenvalue weighted by molar-refractivity contribution is 0.651. The average Bonchev–Trinajstić information content (AvgIpc) is 2.53. The van der Waals surface area contributed by atoms with Crippen LogP contribution in [0.3, 0.4) is 0 Å². The van der Waals surface area contributed by atoms with Crippen LogP contribution in [0.4, 0.5) is 0 Å². The fraction of sp³-hybridized carbons (Fsp3) is 0.444. The zero-order chi connectivity index (χ0) is 12.0. The van der Waals surface area contributed by atoms with Gasteiger partial charge in [0.15, 0.2) is 10.3 Å². The highest BCUT2D eigenvalue weighted by atomic mass is 32.1. The Balaban J connectivity index is 3.24. The minimum absolute atomic E-state index is 0.334. The first-order valence-corrected chi connectivity index (χ1v) is 5.28. The molecular weight excluding hydrogens is 228 g/mol. The zero-order valence-corrected chi connectivity index (χ0v) is 10.1. The van der Waals surface area contributed by atoms with Gasteiger partial charge in [-0.1, -0.05) is 0 Å². The molecule has 0 aliphatic carbocycles. The van der Waals surface area contributed by atoms with E-state index in [1.54, 1.807) is 11.6 Å². The Hall–Kier alpha value is -1.63. The third-order valence-corrected chi connectivity index (χ3v) is 3.08. The summed E-state index contributed by atoms with van der Waals surface area (Å²) in [6.07, 6.45) is 0. The smallest absolute Gasteiger partial charge is 0.316 e. The number of aromatic nitrogens is 4. The highest BCUT2D eigenvalue weighted by Gasteiger charge is 2.13. The molecule has 0 aliphatic rings. The number of hydrogen-bond donors (Lipinski definition) is 1. The van der Waals surface area contributed by atoms with Gasteiger partial charge >= 0.3 is 5.69 Å². The number of fused-ring (bicyclic) bond motifs is 1. The molecule has 6 nitrogen and oxygen atoms in total. The Kier molecular flexibility index (Phi) is 2.34. The molecule has 0 bridgehead atoms. The molecule has 2 heterocycles. The summed E-state index contributed by atoms with van der Waals surface area (Å²) in [5.41, 5.74) is 0.244. The minimum atomic E-state index is -0.336. The van der Waals surface area contributed by atoms with Crippen LogP contribution >= 0.6 is 12.2 Å². The summed E-state index contributed by atoms with van der Waals surface area (Å²) in [5, 5.41) is 0. The van der Waals surface area contributed by atoms with Gasteiger partial charge in [0.2, 0.25) is 0 Å². The van der Waals surface area contributed by atoms with Gasteiger partial charge in [-0.15, -0.1) is 0 Å². The summed E-state index contributed by atoms with van der Waals surface area (Å²) in [5.74, 6) is 0. The fourth-order valence-electron chi connectivity index (χ4n) is 1.76. The third-order valence-electron chi connectivity index (χ3n) is 2.70. The van der Waals surface area contributed by atoms with Crippen molar-refractivity contribution in [2.45, 2.75) is 13.5 Å². The predicted octanol–water partition coefficient (Wildman–Crippen LogP) is 0.116. The van der Waals surface area contributed by atoms with Crippen LogP contribution in [0.25, 0.3) is 11.2 Å². The number of hydrogen-bond acceptors (Lipinski definition) is 3. The lowest BCUT2D eigenvalue weighted by Crippen LogP contribution is -2.38. The van der Waals surface area contributed by atoms with E-state index >= 15 is 0 Å². The molecule has 2 aromatic heterocycles. The van der Waals surface area contributed by atoms with Crippen molar-refractivity contribution in [3.8, 4) is 0 Å². The third kappa shape index (κ3) is 1.21. The molecule has 0 saturated carbocycles. The lowest BCUT2D eigenvalue weighted by atomic mass is 10.5. The first-order chi connectivity index (χ1) is 7.49. The molecule has 2 aromatic rings. The molecule has 0 saturated heterocycles. The van der Waals surface area contributed by atoms with Crippen molar-refractivity contribution in [3.63, 3.8) is 0 Å². The minimum Gasteiger partial charge on any atom is -0.316 e. The number of aromatic amines is 1. The first-order valence-electron chi connectivity index (χ1n) is 4.87. The Labute approximate surface area is 95.8 Å². The predicted molar refractivity (Wildman–Crippen MR) is 63.3 cm³/mol. The number of nitrogens with zero attached hydrogens (tertiary/aromatic N) is 3. The molecule has 16 heavy (non-hydrogen) atoms. The van der Waals surface area contributed by atoms with E-state index in [1.165, 1.54) is 11.6 Å². The van der Waals surface area contributed by atoms with Gasteiger partial charge in [-0.25, -0.2) is 4.79 Å². The largest absolute Gasteiger partial charge is 0.332 e. The quantitative estimate of drug-likeness (QED) is 0.720. The van der Waals surface area contributed by atoms with Gasteiger partial charge in [-0.3, -0.25) is 13.9 Å². The van der Waals surface area contributed by atoms with E-state index in [1.807, 2.05) is 6.92 Å². The number of aryl methyl sites for hydroxylation is 2. The van der Waals surface area contributed by atoms with Crippen LogP contribution in [0.15, 0.2) is 9.59 Å². The van der Waals surface area contributed by atoms with Crippen LogP contribution in [0.2, 0.25) is 0 Å². The van der Waals surface area contributed by atoms with Crippen molar-refractivity contribution in [2.75, 3.05) is 0 Å². The molecule has 0 aromatic carbocycles. The maximum Gasteiger partial charge on any atom is 0.332 e. The molecule has 0 spiro atoms. The molecule has 7 heteroatoms. The second-order valence-corrected chi connectivity index (χ2v) is 3.96. The standard InChI is InChI=1S/C9H12N4O2S/c1-4-13-6-5(11(2)8(16)10-6)7(14)12(3)9(13)15/h4H2,1-3H3,(H,10,16). The molecule has 1 N–H and O–H groups in total. The van der Waals surface area contributed by atoms with E-state index in [9.17, 15) is 9.59 Å². The van der Waals surface area contributed by atoms with Crippen LogP contribution in [-0.4, -0.2) is 18.7 Å². The average molecular weight is 240 g/mol. The van der Waals surface area contributed by atoms with Crippen LogP contribution in [0, 0.1) is 4.77 Å². The van der Waals surface area contributed by atoms with E-state index < -0.39 is 0 Å². The van der Waals surface area contributed by atoms with Gasteiger partial charge in [-0.05, 0) is 19.1 Å². The van der Waals surface area contributed by atoms with Crippen molar-refractivity contribution < 1.29 is 0 Å². The van der Waals surface area contributed by atoms with Crippen LogP contribution in [0.5, 0.6) is 0 Å². The van der Waals surface area contributed by atoms with Gasteiger partial charge in [0.25, 0.3) is 5.56 Å². The summed E-state index contributed by atoms with van der Waals surface area (Å²) in [6, 6.07) is 0. The Morgan fingerprint density at radius 1 is 1.25 bits per heavy atom. The Bertz CT molecular complexity index is 731. The molecule has 2 rings (SSSR count). The fourth-order valence-corrected chi connectivity index (χ4v) is 1.95. The Morgan fingerprint density at radius 3 is 2.44 bits per heavy atom. The number of imidazole rings is 1. The van der Waals surface area contributed by atoms with Gasteiger partial charge < -0.3 is 9.55 Å². The number of rotatable bonds is 1. The molecule has 0 unspecified atom stereocenters. The molecule has 0 radical (unpaired) electrons. The van der Waals surface area contributed by atoms with Gasteiger partial charge in [0.1, 0.15) is 5.65 Å². The van der Waals surface area contributed by atoms with Crippen molar-refractivity contribution in [3.05, 3.63) is 25.6 Å². The van der Waals surface area contributed by atoms with Crippen LogP contribution in [-0.2, 0) is 20.6 Å². The van der Waals surface area contributed by atoms with Crippen molar-refractivity contribution in [2.24, 2.45) is 14.1 Å². The highest BCUT2D eigenvalue weighted by Crippen LogP contribution is 2.05. The van der Waals surface area contributed by atoms with E-state index in [-0.39, 0.29) is 11.2 Å². The number of nitrogens with one attached hydrogen (secondary N) is 1. The van der Waals surface area contributed by atoms with E-state index in [4.69, 9.17) is 12.2 Å². The zero-order valence-electron chi connectivity index (χ0n) is 9.27. The molecule has 86 valence electrons. The second kappa shape index (κ2) is 3.44. The van der Waals surface area contributed by atoms with E-state index in [0.717, 1.165) is 4.57 Å². The molecular formula is C9H12N4O2S. The van der Waals surface area contributed by atoms with Crippen LogP contribution < -0.4 is 11.2 Å². The van der Waals surface area contributed by atoms with E-state index in [2.05, 4.69) is 4.98 Å². The lowest BCUT2D eigenvalue weighted by Gasteiger charge is -2.06. The summed E-state index contributed by atoms with van der Waals surface area (Å²) >= 11 is 5.05. The number of H-pyrrole nitrogens is 1. The van der Waals surface area contributed by atoms with Gasteiger partial charge in [0.05, 0.1) is 0 Å². The van der Waals surface area contributed by atoms with Crippen LogP contribution in [0.1, 0.15) is 6.92 Å². The monoisotopic (exact) mass is 240 g/mol. The molecule has 0 amide bonds. The Morgan fingerprint density at radius 2 is 1.88 bits per heavy atom.